The number of nitrogens with two attached hydrogens (primary N) is 1. The van der Waals surface area contributed by atoms with Gasteiger partial charge in [0.25, 0.3) is 5.91 Å². The smallest absolute Gasteiger partial charge is 0.280 e. The van der Waals surface area contributed by atoms with E-state index in [9.17, 15) is 9.59 Å². The van der Waals surface area contributed by atoms with Crippen molar-refractivity contribution >= 4 is 40.3 Å². The predicted molar refractivity (Wildman–Crippen MR) is 123 cm³/mol. The lowest BCUT2D eigenvalue weighted by atomic mass is 9.74. The molecule has 2 aliphatic rings. The van der Waals surface area contributed by atoms with Gasteiger partial charge in [-0.15, -0.1) is 11.3 Å². The Balaban J connectivity index is 1.39. The number of hydrogen-bond donors (Lipinski definition) is 2. The topological polar surface area (TPSA) is 106 Å². The largest absolute Gasteiger partial charge is 0.345 e. The normalized spacial score (nSPS) is 23.8. The number of halogens is 1. The Morgan fingerprint density at radius 1 is 1.28 bits per heavy atom. The third kappa shape index (κ3) is 3.83. The third-order valence-corrected chi connectivity index (χ3v) is 7.75. The van der Waals surface area contributed by atoms with Gasteiger partial charge in [0.05, 0.1) is 16.8 Å². The highest BCUT2D eigenvalue weighted by molar-refractivity contribution is 7.13. The van der Waals surface area contributed by atoms with Crippen LogP contribution in [0.15, 0.2) is 24.5 Å². The Labute approximate surface area is 194 Å². The van der Waals surface area contributed by atoms with E-state index in [0.29, 0.717) is 28.5 Å². The zero-order valence-electron chi connectivity index (χ0n) is 17.8. The summed E-state index contributed by atoms with van der Waals surface area (Å²) in [5.74, 6) is -0.522. The third-order valence-electron chi connectivity index (χ3n) is 6.45. The number of nitrogens with one attached hydrogen (secondary N) is 1. The number of nitrogens with zero attached hydrogens (tertiary/aromatic N) is 4. The van der Waals surface area contributed by atoms with Crippen LogP contribution in [0.3, 0.4) is 0 Å². The molecule has 168 valence electrons. The minimum Gasteiger partial charge on any atom is -0.345 e. The van der Waals surface area contributed by atoms with E-state index >= 15 is 0 Å². The number of aromatic nitrogens is 3. The predicted octanol–water partition coefficient (Wildman–Crippen LogP) is 2.68. The van der Waals surface area contributed by atoms with E-state index in [1.54, 1.807) is 28.9 Å². The van der Waals surface area contributed by atoms with E-state index in [-0.39, 0.29) is 17.4 Å². The van der Waals surface area contributed by atoms with Gasteiger partial charge in [-0.2, -0.15) is 0 Å². The maximum Gasteiger partial charge on any atom is 0.280 e. The minimum atomic E-state index is -1.22. The molecule has 4 heterocycles. The lowest BCUT2D eigenvalue weighted by Crippen LogP contribution is -2.64. The second-order valence-corrected chi connectivity index (χ2v) is 10.3. The van der Waals surface area contributed by atoms with Crippen LogP contribution in [0.5, 0.6) is 0 Å². The second-order valence-electron chi connectivity index (χ2n) is 8.76. The van der Waals surface area contributed by atoms with E-state index in [0.717, 1.165) is 42.9 Å². The molecule has 1 amide bonds. The molecule has 8 nitrogen and oxygen atoms in total. The van der Waals surface area contributed by atoms with E-state index in [1.807, 2.05) is 0 Å². The summed E-state index contributed by atoms with van der Waals surface area (Å²) in [6.07, 6.45) is 7.05. The van der Waals surface area contributed by atoms with Crippen LogP contribution in [0.4, 0.5) is 0 Å². The van der Waals surface area contributed by atoms with Crippen molar-refractivity contribution in [2.75, 3.05) is 13.6 Å². The van der Waals surface area contributed by atoms with E-state index in [1.165, 1.54) is 11.3 Å². The van der Waals surface area contributed by atoms with Crippen LogP contribution >= 0.6 is 22.9 Å². The van der Waals surface area contributed by atoms with E-state index in [4.69, 9.17) is 17.3 Å². The average molecular weight is 473 g/mol. The van der Waals surface area contributed by atoms with Crippen molar-refractivity contribution in [1.29, 1.82) is 0 Å². The lowest BCUT2D eigenvalue weighted by Gasteiger charge is -2.39. The van der Waals surface area contributed by atoms with Crippen molar-refractivity contribution in [2.24, 2.45) is 5.73 Å². The Morgan fingerprint density at radius 2 is 2.12 bits per heavy atom. The van der Waals surface area contributed by atoms with Crippen molar-refractivity contribution in [1.82, 2.24) is 24.6 Å². The number of hydrogen-bond acceptors (Lipinski definition) is 7. The van der Waals surface area contributed by atoms with Gasteiger partial charge < -0.3 is 20.4 Å². The van der Waals surface area contributed by atoms with Crippen molar-refractivity contribution in [3.05, 3.63) is 50.8 Å². The minimum absolute atomic E-state index is 0.261. The summed E-state index contributed by atoms with van der Waals surface area (Å²) in [6, 6.07) is 3.00. The maximum absolute atomic E-state index is 13.5. The van der Waals surface area contributed by atoms with Crippen molar-refractivity contribution < 1.29 is 9.59 Å². The molecule has 3 aromatic rings. The summed E-state index contributed by atoms with van der Waals surface area (Å²) in [5, 5.41) is 4.02. The van der Waals surface area contributed by atoms with Gasteiger partial charge in [0.15, 0.2) is 5.01 Å². The van der Waals surface area contributed by atoms with Gasteiger partial charge in [-0.1, -0.05) is 24.4 Å². The maximum atomic E-state index is 13.5. The van der Waals surface area contributed by atoms with Crippen LogP contribution in [-0.4, -0.2) is 56.1 Å². The highest BCUT2D eigenvalue weighted by atomic mass is 35.5. The number of carbonyl (C=O) groups is 2. The van der Waals surface area contributed by atoms with Crippen LogP contribution in [0, 0.1) is 0 Å². The number of imidazole rings is 1. The first kappa shape index (κ1) is 21.5. The van der Waals surface area contributed by atoms with Gasteiger partial charge in [0.1, 0.15) is 16.9 Å². The van der Waals surface area contributed by atoms with E-state index in [2.05, 4.69) is 27.2 Å². The van der Waals surface area contributed by atoms with Crippen LogP contribution < -0.4 is 11.1 Å². The number of pyridine rings is 1. The molecule has 1 aliphatic heterocycles. The molecule has 0 bridgehead atoms. The van der Waals surface area contributed by atoms with Gasteiger partial charge >= 0.3 is 0 Å². The summed E-state index contributed by atoms with van der Waals surface area (Å²) in [7, 11) is 2.06. The molecule has 1 saturated carbocycles. The van der Waals surface area contributed by atoms with Gasteiger partial charge in [-0.05, 0) is 32.0 Å². The molecule has 3 aromatic heterocycles. The van der Waals surface area contributed by atoms with Crippen LogP contribution in [0.25, 0.3) is 5.65 Å². The fourth-order valence-corrected chi connectivity index (χ4v) is 5.88. The molecule has 1 fully saturated rings. The van der Waals surface area contributed by atoms with Crippen LogP contribution in [0.1, 0.15) is 56.5 Å². The van der Waals surface area contributed by atoms with Gasteiger partial charge in [0, 0.05) is 36.8 Å². The second kappa shape index (κ2) is 8.22. The Kier molecular flexibility index (Phi) is 5.53. The molecule has 0 saturated heterocycles. The molecule has 1 aliphatic carbocycles. The number of fused-ring (bicyclic) bond motifs is 2. The van der Waals surface area contributed by atoms with Crippen molar-refractivity contribution in [3.8, 4) is 0 Å². The summed E-state index contributed by atoms with van der Waals surface area (Å²) >= 11 is 7.48. The summed E-state index contributed by atoms with van der Waals surface area (Å²) in [4.78, 5) is 38.9. The molecule has 0 spiro atoms. The van der Waals surface area contributed by atoms with E-state index < -0.39 is 11.6 Å². The Hall–Kier alpha value is -2.33. The number of Topliss-reactive ketones (excluding diaryl/α,β-unsaturated/α-hetero) is 1. The molecule has 0 aromatic carbocycles. The fraction of sp³-hybridized carbons (Fsp3) is 0.455. The zero-order chi connectivity index (χ0) is 22.5. The van der Waals surface area contributed by atoms with Gasteiger partial charge in [-0.3, -0.25) is 9.59 Å². The van der Waals surface area contributed by atoms with Gasteiger partial charge in [0.2, 0.25) is 5.78 Å². The molecule has 2 atom stereocenters. The standard InChI is InChI=1S/C22H25ClN6O2S/c1-28-9-7-14-16(12-28)32-21(26-14)20(31)27-17-4-2-3-8-22(17,24)19(30)15-11-29-10-13(23)5-6-18(29)25-15/h5-6,10-11,17H,2-4,7-9,12,24H2,1H3,(H,27,31). The SMILES string of the molecule is CN1CCc2nc(C(=O)NC3CCCCC3(N)C(=O)c3cn4cc(Cl)ccc4n3)sc2C1. The monoisotopic (exact) mass is 472 g/mol. The first-order chi connectivity index (χ1) is 15.3. The van der Waals surface area contributed by atoms with Gasteiger partial charge in [-0.25, -0.2) is 9.97 Å². The first-order valence-corrected chi connectivity index (χ1v) is 12.0. The number of ketones is 1. The van der Waals surface area contributed by atoms with Crippen molar-refractivity contribution in [3.63, 3.8) is 0 Å². The number of amides is 1. The highest BCUT2D eigenvalue weighted by Crippen LogP contribution is 2.31. The molecule has 2 unspecified atom stereocenters. The quantitative estimate of drug-likeness (QED) is 0.565. The molecule has 10 heteroatoms. The van der Waals surface area contributed by atoms with Crippen LogP contribution in [-0.2, 0) is 13.0 Å². The number of thiazole rings is 1. The zero-order valence-corrected chi connectivity index (χ0v) is 19.4. The molecular weight excluding hydrogens is 448 g/mol. The average Bonchev–Trinajstić information content (AvgIpc) is 3.38. The number of carbonyl (C=O) groups excluding carboxylic acids is 2. The Bertz CT molecular complexity index is 1210. The molecule has 0 radical (unpaired) electrons. The first-order valence-electron chi connectivity index (χ1n) is 10.8. The number of rotatable bonds is 4. The number of likely N-dealkylation sites (N-methyl/N-ethyl adjacent to an activating group) is 1. The van der Waals surface area contributed by atoms with Crippen molar-refractivity contribution in [2.45, 2.75) is 50.2 Å². The molecule has 3 N–H and O–H groups in total. The molecular formula is C22H25ClN6O2S. The lowest BCUT2D eigenvalue weighted by molar-refractivity contribution is 0.0754. The molecule has 5 rings (SSSR count). The Morgan fingerprint density at radius 3 is 2.97 bits per heavy atom. The summed E-state index contributed by atoms with van der Waals surface area (Å²) < 4.78 is 1.71. The fourth-order valence-electron chi connectivity index (χ4n) is 4.62. The van der Waals surface area contributed by atoms with Crippen LogP contribution in [0.2, 0.25) is 5.02 Å². The highest BCUT2D eigenvalue weighted by Gasteiger charge is 2.46. The summed E-state index contributed by atoms with van der Waals surface area (Å²) in [5.41, 5.74) is 7.40. The summed E-state index contributed by atoms with van der Waals surface area (Å²) in [6.45, 7) is 1.74. The molecule has 32 heavy (non-hydrogen) atoms.